The van der Waals surface area contributed by atoms with Gasteiger partial charge in [-0.05, 0) is 6.92 Å². The van der Waals surface area contributed by atoms with E-state index in [2.05, 4.69) is 4.90 Å². The van der Waals surface area contributed by atoms with E-state index >= 15 is 0 Å². The monoisotopic (exact) mass is 157 g/mol. The molecule has 0 atom stereocenters. The second-order valence-corrected chi connectivity index (χ2v) is 3.58. The first kappa shape index (κ1) is 8.49. The van der Waals surface area contributed by atoms with Gasteiger partial charge >= 0.3 is 0 Å². The van der Waals surface area contributed by atoms with E-state index in [1.165, 1.54) is 0 Å². The van der Waals surface area contributed by atoms with Crippen LogP contribution < -0.4 is 11.5 Å². The lowest BCUT2D eigenvalue weighted by molar-refractivity contribution is -0.118. The number of carbonyl (C=O) groups is 1. The number of nitrogens with two attached hydrogens (primary N) is 2. The summed E-state index contributed by atoms with van der Waals surface area (Å²) < 4.78 is 0. The molecule has 0 aliphatic carbocycles. The van der Waals surface area contributed by atoms with Crippen molar-refractivity contribution in [3.63, 3.8) is 0 Å². The molecule has 11 heavy (non-hydrogen) atoms. The lowest BCUT2D eigenvalue weighted by Gasteiger charge is -2.45. The minimum Gasteiger partial charge on any atom is -0.370 e. The Morgan fingerprint density at radius 3 is 2.55 bits per heavy atom. The standard InChI is InChI=1S/C7H15N3O/c1-7(9)4-10(5-7)3-2-6(8)11/h2-5,9H2,1H3,(H2,8,11). The molecule has 1 fully saturated rings. The maximum Gasteiger partial charge on any atom is 0.218 e. The fourth-order valence-electron chi connectivity index (χ4n) is 1.40. The predicted molar refractivity (Wildman–Crippen MR) is 42.8 cm³/mol. The molecule has 1 heterocycles. The first-order chi connectivity index (χ1) is 4.99. The molecule has 1 aliphatic heterocycles. The SMILES string of the molecule is CC1(N)CN(CCC(N)=O)C1. The highest BCUT2D eigenvalue weighted by molar-refractivity contribution is 5.73. The van der Waals surface area contributed by atoms with Crippen LogP contribution in [0.15, 0.2) is 0 Å². The van der Waals surface area contributed by atoms with Gasteiger partial charge in [-0.25, -0.2) is 0 Å². The Balaban J connectivity index is 2.09. The smallest absolute Gasteiger partial charge is 0.218 e. The van der Waals surface area contributed by atoms with Crippen LogP contribution in [0.2, 0.25) is 0 Å². The molecule has 64 valence electrons. The Labute approximate surface area is 66.5 Å². The van der Waals surface area contributed by atoms with Gasteiger partial charge in [0.05, 0.1) is 0 Å². The molecular weight excluding hydrogens is 142 g/mol. The Bertz CT molecular complexity index is 159. The Hall–Kier alpha value is -0.610. The first-order valence-corrected chi connectivity index (χ1v) is 3.79. The average molecular weight is 157 g/mol. The van der Waals surface area contributed by atoms with Gasteiger partial charge in [-0.3, -0.25) is 9.69 Å². The quantitative estimate of drug-likeness (QED) is 0.546. The summed E-state index contributed by atoms with van der Waals surface area (Å²) in [7, 11) is 0. The van der Waals surface area contributed by atoms with Gasteiger partial charge in [0.2, 0.25) is 5.91 Å². The summed E-state index contributed by atoms with van der Waals surface area (Å²) in [6.45, 7) is 4.51. The number of hydrogen-bond acceptors (Lipinski definition) is 3. The zero-order valence-corrected chi connectivity index (χ0v) is 6.84. The highest BCUT2D eigenvalue weighted by atomic mass is 16.1. The Morgan fingerprint density at radius 2 is 2.18 bits per heavy atom. The molecular formula is C7H15N3O. The molecule has 0 aromatic rings. The molecule has 4 nitrogen and oxygen atoms in total. The van der Waals surface area contributed by atoms with Crippen LogP contribution in [0.4, 0.5) is 0 Å². The van der Waals surface area contributed by atoms with Gasteiger partial charge in [-0.2, -0.15) is 0 Å². The van der Waals surface area contributed by atoms with Crippen molar-refractivity contribution >= 4 is 5.91 Å². The number of hydrogen-bond donors (Lipinski definition) is 2. The van der Waals surface area contributed by atoms with Crippen molar-refractivity contribution in [1.29, 1.82) is 0 Å². The zero-order chi connectivity index (χ0) is 8.48. The zero-order valence-electron chi connectivity index (χ0n) is 6.84. The van der Waals surface area contributed by atoms with Crippen molar-refractivity contribution in [1.82, 2.24) is 4.90 Å². The number of carbonyl (C=O) groups excluding carboxylic acids is 1. The maximum absolute atomic E-state index is 10.4. The summed E-state index contributed by atoms with van der Waals surface area (Å²) in [6.07, 6.45) is 0.441. The van der Waals surface area contributed by atoms with Crippen molar-refractivity contribution in [3.05, 3.63) is 0 Å². The maximum atomic E-state index is 10.4. The van der Waals surface area contributed by atoms with E-state index in [4.69, 9.17) is 11.5 Å². The lowest BCUT2D eigenvalue weighted by Crippen LogP contribution is -2.65. The Kier molecular flexibility index (Phi) is 2.15. The normalized spacial score (nSPS) is 22.7. The summed E-state index contributed by atoms with van der Waals surface area (Å²) in [4.78, 5) is 12.5. The lowest BCUT2D eigenvalue weighted by atomic mass is 9.94. The van der Waals surface area contributed by atoms with Crippen LogP contribution in [-0.2, 0) is 4.79 Å². The van der Waals surface area contributed by atoms with Crippen molar-refractivity contribution in [2.24, 2.45) is 11.5 Å². The van der Waals surface area contributed by atoms with Crippen molar-refractivity contribution in [2.45, 2.75) is 18.9 Å². The molecule has 4 N–H and O–H groups in total. The second kappa shape index (κ2) is 2.79. The second-order valence-electron chi connectivity index (χ2n) is 3.58. The molecule has 1 rings (SSSR count). The van der Waals surface area contributed by atoms with E-state index < -0.39 is 0 Å². The molecule has 0 spiro atoms. The Morgan fingerprint density at radius 1 is 1.64 bits per heavy atom. The molecule has 0 aromatic heterocycles. The molecule has 0 bridgehead atoms. The first-order valence-electron chi connectivity index (χ1n) is 3.79. The number of likely N-dealkylation sites (tertiary alicyclic amines) is 1. The molecule has 1 amide bonds. The highest BCUT2D eigenvalue weighted by Gasteiger charge is 2.34. The van der Waals surface area contributed by atoms with Gasteiger partial charge in [0.25, 0.3) is 0 Å². The van der Waals surface area contributed by atoms with Gasteiger partial charge in [0.15, 0.2) is 0 Å². The fraction of sp³-hybridized carbons (Fsp3) is 0.857. The van der Waals surface area contributed by atoms with Crippen LogP contribution in [0.3, 0.4) is 0 Å². The topological polar surface area (TPSA) is 72.3 Å². The average Bonchev–Trinajstić information content (AvgIpc) is 1.78. The molecule has 0 aromatic carbocycles. The van der Waals surface area contributed by atoms with E-state index in [1.54, 1.807) is 0 Å². The molecule has 0 saturated carbocycles. The van der Waals surface area contributed by atoms with Crippen molar-refractivity contribution in [3.8, 4) is 0 Å². The number of rotatable bonds is 3. The number of nitrogens with zero attached hydrogens (tertiary/aromatic N) is 1. The number of amides is 1. The van der Waals surface area contributed by atoms with Crippen LogP contribution in [0.25, 0.3) is 0 Å². The van der Waals surface area contributed by atoms with Crippen LogP contribution >= 0.6 is 0 Å². The van der Waals surface area contributed by atoms with Crippen molar-refractivity contribution in [2.75, 3.05) is 19.6 Å². The third-order valence-corrected chi connectivity index (χ3v) is 1.84. The highest BCUT2D eigenvalue weighted by Crippen LogP contribution is 2.16. The molecule has 0 radical (unpaired) electrons. The van der Waals surface area contributed by atoms with E-state index in [-0.39, 0.29) is 11.4 Å². The molecule has 1 aliphatic rings. The third-order valence-electron chi connectivity index (χ3n) is 1.84. The molecule has 1 saturated heterocycles. The van der Waals surface area contributed by atoms with Crippen LogP contribution in [0.1, 0.15) is 13.3 Å². The molecule has 4 heteroatoms. The summed E-state index contributed by atoms with van der Waals surface area (Å²) in [5.74, 6) is -0.240. The van der Waals surface area contributed by atoms with E-state index in [9.17, 15) is 4.79 Å². The fourth-order valence-corrected chi connectivity index (χ4v) is 1.40. The summed E-state index contributed by atoms with van der Waals surface area (Å²) >= 11 is 0. The van der Waals surface area contributed by atoms with Crippen LogP contribution in [-0.4, -0.2) is 36.0 Å². The van der Waals surface area contributed by atoms with E-state index in [0.29, 0.717) is 6.42 Å². The van der Waals surface area contributed by atoms with Crippen LogP contribution in [0.5, 0.6) is 0 Å². The van der Waals surface area contributed by atoms with Gasteiger partial charge < -0.3 is 11.5 Å². The third kappa shape index (κ3) is 2.48. The minimum absolute atomic E-state index is 0.0440. The van der Waals surface area contributed by atoms with Gasteiger partial charge in [0, 0.05) is 31.6 Å². The van der Waals surface area contributed by atoms with E-state index in [1.807, 2.05) is 6.92 Å². The van der Waals surface area contributed by atoms with E-state index in [0.717, 1.165) is 19.6 Å². The number of primary amides is 1. The minimum atomic E-state index is -0.240. The summed E-state index contributed by atoms with van der Waals surface area (Å²) in [5, 5.41) is 0. The molecule has 0 unspecified atom stereocenters. The summed E-state index contributed by atoms with van der Waals surface area (Å²) in [6, 6.07) is 0. The largest absolute Gasteiger partial charge is 0.370 e. The van der Waals surface area contributed by atoms with Gasteiger partial charge in [-0.15, -0.1) is 0 Å². The summed E-state index contributed by atoms with van der Waals surface area (Å²) in [5.41, 5.74) is 10.7. The van der Waals surface area contributed by atoms with Crippen molar-refractivity contribution < 1.29 is 4.79 Å². The van der Waals surface area contributed by atoms with Gasteiger partial charge in [-0.1, -0.05) is 0 Å². The van der Waals surface area contributed by atoms with Crippen LogP contribution in [0, 0.1) is 0 Å². The predicted octanol–water partition coefficient (Wildman–Crippen LogP) is -1.11. The van der Waals surface area contributed by atoms with Gasteiger partial charge in [0.1, 0.15) is 0 Å².